The zero-order valence-electron chi connectivity index (χ0n) is 5.65. The van der Waals surface area contributed by atoms with E-state index in [0.29, 0.717) is 0 Å². The monoisotopic (exact) mass is 174 g/mol. The van der Waals surface area contributed by atoms with E-state index < -0.39 is 5.97 Å². The van der Waals surface area contributed by atoms with Gasteiger partial charge in [-0.25, -0.2) is 4.79 Å². The number of hydrogen-bond acceptors (Lipinski definition) is 3. The maximum Gasteiger partial charge on any atom is 0.337 e. The van der Waals surface area contributed by atoms with Crippen LogP contribution >= 0.6 is 12.4 Å². The molecule has 3 nitrogen and oxygen atoms in total. The number of ether oxygens (including phenoxy) is 1. The van der Waals surface area contributed by atoms with Gasteiger partial charge in [0, 0.05) is 12.1 Å². The van der Waals surface area contributed by atoms with Crippen LogP contribution in [-0.2, 0) is 4.79 Å². The summed E-state index contributed by atoms with van der Waals surface area (Å²) < 4.78 is 9.30. The van der Waals surface area contributed by atoms with Crippen LogP contribution in [0.4, 0.5) is 0 Å². The molecule has 0 N–H and O–H groups in total. The Balaban J connectivity index is 0.000001000. The Morgan fingerprint density at radius 2 is 2.45 bits per heavy atom. The Bertz CT molecular complexity index is 228. The van der Waals surface area contributed by atoms with Crippen molar-refractivity contribution in [1.82, 2.24) is 0 Å². The van der Waals surface area contributed by atoms with Gasteiger partial charge in [-0.3, -0.25) is 0 Å². The summed E-state index contributed by atoms with van der Waals surface area (Å²) >= 11 is 0. The molecule has 1 aromatic heterocycles. The average Bonchev–Trinajstić information content (AvgIpc) is 2.40. The maximum absolute atomic E-state index is 10.5. The smallest absolute Gasteiger partial charge is 0.337 e. The topological polar surface area (TPSA) is 39.4 Å². The number of rotatable bonds is 2. The molecule has 0 aromatic carbocycles. The third-order valence-electron chi connectivity index (χ3n) is 0.863. The third kappa shape index (κ3) is 2.91. The summed E-state index contributed by atoms with van der Waals surface area (Å²) in [5, 5.41) is 0. The summed E-state index contributed by atoms with van der Waals surface area (Å²) in [6, 6.07) is 3.17. The Kier molecular flexibility index (Phi) is 4.07. The molecule has 0 radical (unpaired) electrons. The molecule has 11 heavy (non-hydrogen) atoms. The van der Waals surface area contributed by atoms with Crippen molar-refractivity contribution in [3.05, 3.63) is 31.1 Å². The molecule has 0 saturated heterocycles. The van der Waals surface area contributed by atoms with Gasteiger partial charge in [-0.2, -0.15) is 0 Å². The number of carbonyl (C=O) groups excluding carboxylic acids is 1. The van der Waals surface area contributed by atoms with Gasteiger partial charge >= 0.3 is 5.97 Å². The number of carbonyl (C=O) groups is 1. The normalized spacial score (nSPS) is 8.00. The molecular formula is C7H7ClO3. The van der Waals surface area contributed by atoms with Gasteiger partial charge in [0.15, 0.2) is 0 Å². The quantitative estimate of drug-likeness (QED) is 0.507. The van der Waals surface area contributed by atoms with E-state index >= 15 is 0 Å². The standard InChI is InChI=1S/C7H6O3.ClH/c1-2-6(8)10-7-4-3-5-9-7;/h2-5H,1H2;1H. The fraction of sp³-hybridized carbons (Fsp3) is 0. The molecule has 0 atom stereocenters. The van der Waals surface area contributed by atoms with E-state index in [2.05, 4.69) is 11.3 Å². The molecule has 1 heterocycles. The molecule has 0 spiro atoms. The summed E-state index contributed by atoms with van der Waals surface area (Å²) in [5.41, 5.74) is 0. The van der Waals surface area contributed by atoms with Crippen LogP contribution in [0.5, 0.6) is 5.95 Å². The third-order valence-corrected chi connectivity index (χ3v) is 0.863. The van der Waals surface area contributed by atoms with Crippen LogP contribution in [0.1, 0.15) is 0 Å². The Labute approximate surface area is 70.1 Å². The van der Waals surface area contributed by atoms with Gasteiger partial charge in [0.05, 0.1) is 6.26 Å². The zero-order chi connectivity index (χ0) is 7.40. The second kappa shape index (κ2) is 4.57. The zero-order valence-corrected chi connectivity index (χ0v) is 6.47. The van der Waals surface area contributed by atoms with Gasteiger partial charge in [-0.05, 0) is 6.07 Å². The predicted octanol–water partition coefficient (Wildman–Crippen LogP) is 1.79. The fourth-order valence-corrected chi connectivity index (χ4v) is 0.462. The highest BCUT2D eigenvalue weighted by Gasteiger charge is 1.99. The first-order chi connectivity index (χ1) is 4.83. The summed E-state index contributed by atoms with van der Waals surface area (Å²) in [4.78, 5) is 10.5. The lowest BCUT2D eigenvalue weighted by molar-refractivity contribution is -0.130. The summed E-state index contributed by atoms with van der Waals surface area (Å²) in [6.45, 7) is 3.22. The lowest BCUT2D eigenvalue weighted by Crippen LogP contribution is -2.01. The Morgan fingerprint density at radius 3 is 2.91 bits per heavy atom. The van der Waals surface area contributed by atoms with E-state index in [4.69, 9.17) is 4.42 Å². The van der Waals surface area contributed by atoms with Crippen molar-refractivity contribution in [3.63, 3.8) is 0 Å². The Hall–Kier alpha value is -1.22. The lowest BCUT2D eigenvalue weighted by atomic mass is 10.6. The van der Waals surface area contributed by atoms with Crippen LogP contribution < -0.4 is 4.74 Å². The molecule has 1 aromatic rings. The van der Waals surface area contributed by atoms with E-state index in [1.165, 1.54) is 6.26 Å². The average molecular weight is 175 g/mol. The molecule has 0 aliphatic rings. The minimum absolute atomic E-state index is 0. The van der Waals surface area contributed by atoms with Gasteiger partial charge in [0.2, 0.25) is 0 Å². The van der Waals surface area contributed by atoms with Crippen LogP contribution in [0.15, 0.2) is 35.5 Å². The van der Waals surface area contributed by atoms with Crippen molar-refractivity contribution in [1.29, 1.82) is 0 Å². The predicted molar refractivity (Wildman–Crippen MR) is 41.8 cm³/mol. The summed E-state index contributed by atoms with van der Waals surface area (Å²) in [7, 11) is 0. The van der Waals surface area contributed by atoms with Crippen molar-refractivity contribution in [2.24, 2.45) is 0 Å². The molecule has 0 saturated carbocycles. The molecule has 60 valence electrons. The molecule has 0 fully saturated rings. The molecular weight excluding hydrogens is 168 g/mol. The number of hydrogen-bond donors (Lipinski definition) is 0. The van der Waals surface area contributed by atoms with Crippen LogP contribution in [0.25, 0.3) is 0 Å². The second-order valence-corrected chi connectivity index (χ2v) is 1.56. The lowest BCUT2D eigenvalue weighted by Gasteiger charge is -1.91. The van der Waals surface area contributed by atoms with Gasteiger partial charge in [-0.1, -0.05) is 6.58 Å². The fourth-order valence-electron chi connectivity index (χ4n) is 0.462. The molecule has 0 unspecified atom stereocenters. The Morgan fingerprint density at radius 1 is 1.73 bits per heavy atom. The largest absolute Gasteiger partial charge is 0.434 e. The van der Waals surface area contributed by atoms with Gasteiger partial charge in [0.1, 0.15) is 0 Å². The summed E-state index contributed by atoms with van der Waals surface area (Å²) in [5.74, 6) is -0.333. The number of furan rings is 1. The minimum Gasteiger partial charge on any atom is -0.434 e. The van der Waals surface area contributed by atoms with Crippen LogP contribution in [-0.4, -0.2) is 5.97 Å². The van der Waals surface area contributed by atoms with E-state index in [9.17, 15) is 4.79 Å². The first-order valence-electron chi connectivity index (χ1n) is 2.70. The molecule has 0 amide bonds. The van der Waals surface area contributed by atoms with Crippen molar-refractivity contribution < 1.29 is 13.9 Å². The number of halogens is 1. The van der Waals surface area contributed by atoms with Crippen LogP contribution in [0.3, 0.4) is 0 Å². The maximum atomic E-state index is 10.5. The van der Waals surface area contributed by atoms with E-state index in [-0.39, 0.29) is 18.4 Å². The number of esters is 1. The van der Waals surface area contributed by atoms with E-state index in [0.717, 1.165) is 6.08 Å². The highest BCUT2D eigenvalue weighted by molar-refractivity contribution is 5.85. The van der Waals surface area contributed by atoms with E-state index in [1.54, 1.807) is 12.1 Å². The van der Waals surface area contributed by atoms with Crippen molar-refractivity contribution in [3.8, 4) is 5.95 Å². The minimum atomic E-state index is -0.519. The van der Waals surface area contributed by atoms with Gasteiger partial charge in [0.25, 0.3) is 5.95 Å². The first kappa shape index (κ1) is 9.78. The van der Waals surface area contributed by atoms with Crippen molar-refractivity contribution >= 4 is 18.4 Å². The second-order valence-electron chi connectivity index (χ2n) is 1.56. The van der Waals surface area contributed by atoms with Gasteiger partial charge < -0.3 is 9.15 Å². The summed E-state index contributed by atoms with van der Waals surface area (Å²) in [6.07, 6.45) is 2.49. The highest BCUT2D eigenvalue weighted by atomic mass is 35.5. The molecule has 0 bridgehead atoms. The van der Waals surface area contributed by atoms with Crippen LogP contribution in [0, 0.1) is 0 Å². The van der Waals surface area contributed by atoms with Crippen molar-refractivity contribution in [2.75, 3.05) is 0 Å². The highest BCUT2D eigenvalue weighted by Crippen LogP contribution is 2.09. The van der Waals surface area contributed by atoms with Gasteiger partial charge in [-0.15, -0.1) is 12.4 Å². The molecule has 1 rings (SSSR count). The SMILES string of the molecule is C=CC(=O)Oc1ccco1.Cl. The van der Waals surface area contributed by atoms with E-state index in [1.807, 2.05) is 0 Å². The molecule has 4 heteroatoms. The van der Waals surface area contributed by atoms with Crippen LogP contribution in [0.2, 0.25) is 0 Å². The van der Waals surface area contributed by atoms with Crippen molar-refractivity contribution in [2.45, 2.75) is 0 Å². The first-order valence-corrected chi connectivity index (χ1v) is 2.70. The molecule has 0 aliphatic carbocycles. The molecule has 0 aliphatic heterocycles.